The summed E-state index contributed by atoms with van der Waals surface area (Å²) in [7, 11) is 0. The van der Waals surface area contributed by atoms with Gasteiger partial charge in [0.1, 0.15) is 34.5 Å². The number of rotatable bonds is 21. The topological polar surface area (TPSA) is 158 Å². The van der Waals surface area contributed by atoms with Crippen molar-refractivity contribution >= 4 is 35.8 Å². The number of carbonyl (C=O) groups excluding carboxylic acids is 6. The van der Waals surface area contributed by atoms with Gasteiger partial charge in [-0.3, -0.25) is 0 Å². The maximum absolute atomic E-state index is 13.2. The Labute approximate surface area is 541 Å². The number of ether oxygens (including phenoxy) is 6. The lowest BCUT2D eigenvalue weighted by molar-refractivity contribution is -0.131. The molecule has 0 aromatic heterocycles. The summed E-state index contributed by atoms with van der Waals surface area (Å²) in [6.45, 7) is 53.4. The lowest BCUT2D eigenvalue weighted by Gasteiger charge is -2.29. The molecule has 0 aliphatic carbocycles. The van der Waals surface area contributed by atoms with Crippen molar-refractivity contribution in [2.24, 2.45) is 0 Å². The van der Waals surface area contributed by atoms with Crippen LogP contribution in [-0.2, 0) is 28.8 Å². The van der Waals surface area contributed by atoms with Gasteiger partial charge in [-0.2, -0.15) is 0 Å². The molecule has 1 atom stereocenters. The van der Waals surface area contributed by atoms with Gasteiger partial charge < -0.3 is 28.4 Å². The molecule has 0 radical (unpaired) electrons. The fourth-order valence-corrected chi connectivity index (χ4v) is 11.5. The van der Waals surface area contributed by atoms with Crippen LogP contribution in [0.2, 0.25) is 0 Å². The molecule has 0 amide bonds. The lowest BCUT2D eigenvalue weighted by Crippen LogP contribution is -2.15. The van der Waals surface area contributed by atoms with E-state index in [2.05, 4.69) is 57.7 Å². The minimum absolute atomic E-state index is 0.236. The Morgan fingerprint density at radius 1 is 0.239 bits per heavy atom. The van der Waals surface area contributed by atoms with E-state index in [0.717, 1.165) is 50.1 Å². The SMILES string of the molecule is C=C(C)C(=O)Oc1ccc(C(c2cc(C(c3cc(C)c(OC(=O)C(=C)C)c(C)c3)c3cc(C)c(OC(=O)C(=C)C)c(C)c3)cc(C(c3cc(C)c(OC(=O)C(=C)C)c(C)c3)c3cc(C)c(OC(=O)C(=C)C)c(C)c3)c2)c2cc(C)c(OC(=O)C(=C)C)c(C)c2)cc1C. The first kappa shape index (κ1) is 69.3. The number of hydrogen-bond donors (Lipinski definition) is 0. The van der Waals surface area contributed by atoms with Crippen LogP contribution in [0.4, 0.5) is 0 Å². The lowest BCUT2D eigenvalue weighted by atomic mass is 9.75. The summed E-state index contributed by atoms with van der Waals surface area (Å²) in [5, 5.41) is 0. The maximum Gasteiger partial charge on any atom is 0.338 e. The molecule has 92 heavy (non-hydrogen) atoms. The second kappa shape index (κ2) is 28.3. The van der Waals surface area contributed by atoms with Gasteiger partial charge in [0.2, 0.25) is 0 Å². The number of aryl methyl sites for hydroxylation is 11. The van der Waals surface area contributed by atoms with E-state index in [0.29, 0.717) is 95.7 Å². The van der Waals surface area contributed by atoms with Crippen LogP contribution in [-0.4, -0.2) is 35.8 Å². The van der Waals surface area contributed by atoms with Crippen molar-refractivity contribution in [2.45, 2.75) is 135 Å². The van der Waals surface area contributed by atoms with Gasteiger partial charge in [-0.05, 0) is 235 Å². The number of esters is 6. The van der Waals surface area contributed by atoms with E-state index in [1.807, 2.05) is 149 Å². The van der Waals surface area contributed by atoms with Crippen molar-refractivity contribution in [3.8, 4) is 34.5 Å². The maximum atomic E-state index is 13.2. The van der Waals surface area contributed by atoms with E-state index in [1.54, 1.807) is 47.6 Å². The molecule has 1 unspecified atom stereocenters. The van der Waals surface area contributed by atoms with Crippen LogP contribution < -0.4 is 28.4 Å². The fourth-order valence-electron chi connectivity index (χ4n) is 11.5. The number of hydrogen-bond acceptors (Lipinski definition) is 12. The monoisotopic (exact) mass is 1230 g/mol. The Bertz CT molecular complexity index is 3860. The van der Waals surface area contributed by atoms with Gasteiger partial charge in [-0.1, -0.05) is 130 Å². The highest BCUT2D eigenvalue weighted by atomic mass is 16.6. The van der Waals surface area contributed by atoms with E-state index < -0.39 is 53.6 Å². The quantitative estimate of drug-likeness (QED) is 0.0291. The van der Waals surface area contributed by atoms with Crippen LogP contribution >= 0.6 is 0 Å². The molecule has 0 saturated heterocycles. The molecule has 7 rings (SSSR count). The van der Waals surface area contributed by atoms with Crippen molar-refractivity contribution < 1.29 is 57.2 Å². The third kappa shape index (κ3) is 15.5. The van der Waals surface area contributed by atoms with Crippen LogP contribution in [0.25, 0.3) is 0 Å². The highest BCUT2D eigenvalue weighted by molar-refractivity contribution is 5.92. The highest BCUT2D eigenvalue weighted by Crippen LogP contribution is 2.47. The smallest absolute Gasteiger partial charge is 0.338 e. The van der Waals surface area contributed by atoms with Gasteiger partial charge in [0.25, 0.3) is 0 Å². The van der Waals surface area contributed by atoms with Crippen molar-refractivity contribution in [1.82, 2.24) is 0 Å². The van der Waals surface area contributed by atoms with E-state index in [9.17, 15) is 28.8 Å². The Morgan fingerprint density at radius 3 is 0.587 bits per heavy atom. The van der Waals surface area contributed by atoms with Crippen LogP contribution in [0.3, 0.4) is 0 Å². The zero-order chi connectivity index (χ0) is 68.2. The summed E-state index contributed by atoms with van der Waals surface area (Å²) < 4.78 is 35.9. The van der Waals surface area contributed by atoms with E-state index in [4.69, 9.17) is 28.4 Å². The van der Waals surface area contributed by atoms with Gasteiger partial charge in [-0.25, -0.2) is 28.8 Å². The molecular weight excluding hydrogens is 1150 g/mol. The molecule has 0 aliphatic rings. The predicted molar refractivity (Wildman–Crippen MR) is 363 cm³/mol. The third-order valence-electron chi connectivity index (χ3n) is 15.9. The molecule has 7 aromatic carbocycles. The van der Waals surface area contributed by atoms with E-state index >= 15 is 0 Å². The zero-order valence-electron chi connectivity index (χ0n) is 56.1. The van der Waals surface area contributed by atoms with Crippen LogP contribution in [0.15, 0.2) is 170 Å². The molecule has 0 fully saturated rings. The van der Waals surface area contributed by atoms with Crippen LogP contribution in [0.5, 0.6) is 34.5 Å². The average Bonchev–Trinajstić information content (AvgIpc) is 0.764. The van der Waals surface area contributed by atoms with Gasteiger partial charge >= 0.3 is 35.8 Å². The molecular formula is C80H82O12. The number of carbonyl (C=O) groups is 6. The van der Waals surface area contributed by atoms with E-state index in [-0.39, 0.29) is 33.4 Å². The van der Waals surface area contributed by atoms with Crippen LogP contribution in [0, 0.1) is 76.2 Å². The van der Waals surface area contributed by atoms with Crippen molar-refractivity contribution in [2.75, 3.05) is 0 Å². The van der Waals surface area contributed by atoms with Crippen LogP contribution in [0.1, 0.15) is 171 Å². The van der Waals surface area contributed by atoms with Gasteiger partial charge in [0.15, 0.2) is 0 Å². The first-order chi connectivity index (χ1) is 43.1. The van der Waals surface area contributed by atoms with E-state index in [1.165, 1.54) is 0 Å². The zero-order valence-corrected chi connectivity index (χ0v) is 56.1. The van der Waals surface area contributed by atoms with Gasteiger partial charge in [0, 0.05) is 51.2 Å². The Morgan fingerprint density at radius 2 is 0.402 bits per heavy atom. The second-order valence-electron chi connectivity index (χ2n) is 24.7. The summed E-state index contributed by atoms with van der Waals surface area (Å²) in [5.41, 5.74) is 16.4. The summed E-state index contributed by atoms with van der Waals surface area (Å²) >= 11 is 0. The Kier molecular flexibility index (Phi) is 21.3. The largest absolute Gasteiger partial charge is 0.423 e. The molecule has 7 aromatic rings. The predicted octanol–water partition coefficient (Wildman–Crippen LogP) is 17.5. The second-order valence-corrected chi connectivity index (χ2v) is 24.7. The Hall–Kier alpha value is -10.2. The first-order valence-corrected chi connectivity index (χ1v) is 30.1. The minimum Gasteiger partial charge on any atom is -0.423 e. The van der Waals surface area contributed by atoms with Crippen molar-refractivity contribution in [3.05, 3.63) is 281 Å². The normalized spacial score (nSPS) is 11.3. The molecule has 0 aliphatic heterocycles. The molecule has 12 nitrogen and oxygen atoms in total. The molecule has 0 N–H and O–H groups in total. The summed E-state index contributed by atoms with van der Waals surface area (Å²) in [4.78, 5) is 79.2. The van der Waals surface area contributed by atoms with Gasteiger partial charge in [-0.15, -0.1) is 0 Å². The Balaban J connectivity index is 1.72. The van der Waals surface area contributed by atoms with Gasteiger partial charge in [0.05, 0.1) is 0 Å². The molecule has 12 heteroatoms. The molecule has 0 bridgehead atoms. The average molecular weight is 1240 g/mol. The third-order valence-corrected chi connectivity index (χ3v) is 15.9. The first-order valence-electron chi connectivity index (χ1n) is 30.1. The minimum atomic E-state index is -0.612. The van der Waals surface area contributed by atoms with Crippen molar-refractivity contribution in [1.29, 1.82) is 0 Å². The molecule has 0 spiro atoms. The van der Waals surface area contributed by atoms with Crippen molar-refractivity contribution in [3.63, 3.8) is 0 Å². The fraction of sp³-hybridized carbons (Fsp3) is 0.250. The molecule has 474 valence electrons. The summed E-state index contributed by atoms with van der Waals surface area (Å²) in [6, 6.07) is 32.4. The highest BCUT2D eigenvalue weighted by Gasteiger charge is 2.31. The summed E-state index contributed by atoms with van der Waals surface area (Å²) in [5.74, 6) is -2.90. The molecule has 0 saturated carbocycles. The molecule has 0 heterocycles. The number of benzene rings is 7. The summed E-state index contributed by atoms with van der Waals surface area (Å²) in [6.07, 6.45) is 0. The standard InChI is InChI=1S/C80H82O12/c1-40(2)75(81)87-66-25-24-57(26-46(66)13)67(58-27-47(14)70(48(15)28-58)88-76(82)41(3)4)63-37-64(68(59-29-49(16)71(50(17)30-59)89-77(83)42(5)6)60-31-51(18)72(52(19)32-60)90-78(84)43(7)8)39-65(38-63)69(61-33-53(20)73(54(21)34-61)91-79(85)44(9)10)62-35-55(22)74(56(23)36-62)92-80(86)45(11)12/h24-39,67-69H,1,3,5,7,9,11H2,2,4,6,8,10,12-23H3.